The number of hydrogen-bond donors (Lipinski definition) is 1. The SMILES string of the molecule is CC1CC(C)CC(S(=O)(=O)c2cc(C(=O)O)ccc2F)C1. The Balaban J connectivity index is 2.44. The molecule has 21 heavy (non-hydrogen) atoms. The number of carboxylic acids is 1. The first kappa shape index (κ1) is 15.9. The minimum absolute atomic E-state index is 0.216. The van der Waals surface area contributed by atoms with Crippen molar-refractivity contribution in [1.29, 1.82) is 0 Å². The zero-order valence-electron chi connectivity index (χ0n) is 12.0. The second kappa shape index (κ2) is 5.75. The molecule has 2 atom stereocenters. The Morgan fingerprint density at radius 2 is 1.76 bits per heavy atom. The number of rotatable bonds is 3. The van der Waals surface area contributed by atoms with E-state index in [1.807, 2.05) is 13.8 Å². The Labute approximate surface area is 123 Å². The zero-order valence-corrected chi connectivity index (χ0v) is 12.9. The molecule has 0 spiro atoms. The lowest BCUT2D eigenvalue weighted by molar-refractivity contribution is 0.0696. The molecule has 0 aliphatic heterocycles. The molecule has 0 bridgehead atoms. The van der Waals surface area contributed by atoms with E-state index in [0.717, 1.165) is 24.6 Å². The summed E-state index contributed by atoms with van der Waals surface area (Å²) in [4.78, 5) is 10.5. The largest absolute Gasteiger partial charge is 0.478 e. The van der Waals surface area contributed by atoms with Crippen LogP contribution >= 0.6 is 0 Å². The maximum absolute atomic E-state index is 13.9. The van der Waals surface area contributed by atoms with Crippen molar-refractivity contribution in [2.24, 2.45) is 11.8 Å². The van der Waals surface area contributed by atoms with Gasteiger partial charge in [-0.3, -0.25) is 0 Å². The molecular formula is C15H19FO4S. The summed E-state index contributed by atoms with van der Waals surface area (Å²) in [5.74, 6) is -1.62. The minimum Gasteiger partial charge on any atom is -0.478 e. The quantitative estimate of drug-likeness (QED) is 0.930. The van der Waals surface area contributed by atoms with Crippen LogP contribution in [0.2, 0.25) is 0 Å². The van der Waals surface area contributed by atoms with Gasteiger partial charge in [0, 0.05) is 0 Å². The average Bonchev–Trinajstić information content (AvgIpc) is 2.37. The molecule has 0 heterocycles. The van der Waals surface area contributed by atoms with Crippen molar-refractivity contribution in [1.82, 2.24) is 0 Å². The molecule has 0 aromatic heterocycles. The number of benzene rings is 1. The predicted octanol–water partition coefficient (Wildman–Crippen LogP) is 3.12. The second-order valence-corrected chi connectivity index (χ2v) is 8.23. The van der Waals surface area contributed by atoms with Crippen molar-refractivity contribution in [2.75, 3.05) is 0 Å². The molecule has 1 N–H and O–H groups in total. The van der Waals surface area contributed by atoms with Gasteiger partial charge in [0.25, 0.3) is 0 Å². The molecule has 1 aliphatic carbocycles. The van der Waals surface area contributed by atoms with Gasteiger partial charge >= 0.3 is 5.97 Å². The third-order valence-corrected chi connectivity index (χ3v) is 6.25. The lowest BCUT2D eigenvalue weighted by atomic mass is 9.83. The first-order valence-electron chi connectivity index (χ1n) is 6.98. The van der Waals surface area contributed by atoms with Gasteiger partial charge in [0.1, 0.15) is 10.7 Å². The van der Waals surface area contributed by atoms with Gasteiger partial charge in [0.2, 0.25) is 0 Å². The fraction of sp³-hybridized carbons (Fsp3) is 0.533. The van der Waals surface area contributed by atoms with Gasteiger partial charge in [-0.15, -0.1) is 0 Å². The van der Waals surface area contributed by atoms with Gasteiger partial charge in [-0.1, -0.05) is 13.8 Å². The standard InChI is InChI=1S/C15H19FO4S/c1-9-5-10(2)7-12(6-9)21(19,20)14-8-11(15(17)18)3-4-13(14)16/h3-4,8-10,12H,5-7H2,1-2H3,(H,17,18). The maximum Gasteiger partial charge on any atom is 0.335 e. The van der Waals surface area contributed by atoms with Crippen LogP contribution in [0.25, 0.3) is 0 Å². The number of carboxylic acid groups (broad SMARTS) is 1. The molecular weight excluding hydrogens is 295 g/mol. The number of sulfone groups is 1. The van der Waals surface area contributed by atoms with Crippen LogP contribution in [0, 0.1) is 17.7 Å². The number of aromatic carboxylic acids is 1. The van der Waals surface area contributed by atoms with Crippen LogP contribution in [0.5, 0.6) is 0 Å². The summed E-state index contributed by atoms with van der Waals surface area (Å²) in [7, 11) is -3.85. The fourth-order valence-corrected chi connectivity index (χ4v) is 5.31. The van der Waals surface area contributed by atoms with Crippen LogP contribution in [-0.4, -0.2) is 24.7 Å². The molecule has 1 saturated carbocycles. The summed E-state index contributed by atoms with van der Waals surface area (Å²) in [6.45, 7) is 3.98. The normalized spacial score (nSPS) is 26.5. The maximum atomic E-state index is 13.9. The molecule has 1 fully saturated rings. The summed E-state index contributed by atoms with van der Waals surface area (Å²) in [5, 5.41) is 8.30. The first-order valence-corrected chi connectivity index (χ1v) is 8.53. The summed E-state index contributed by atoms with van der Waals surface area (Å²) < 4.78 is 39.2. The molecule has 0 radical (unpaired) electrons. The average molecular weight is 314 g/mol. The van der Waals surface area contributed by atoms with E-state index in [9.17, 15) is 17.6 Å². The Morgan fingerprint density at radius 3 is 2.29 bits per heavy atom. The smallest absolute Gasteiger partial charge is 0.335 e. The topological polar surface area (TPSA) is 71.4 Å². The first-order chi connectivity index (χ1) is 9.71. The van der Waals surface area contributed by atoms with Gasteiger partial charge in [0.15, 0.2) is 9.84 Å². The van der Waals surface area contributed by atoms with Gasteiger partial charge in [-0.05, 0) is 49.3 Å². The number of carbonyl (C=O) groups is 1. The van der Waals surface area contributed by atoms with Crippen molar-refractivity contribution in [2.45, 2.75) is 43.3 Å². The molecule has 0 saturated heterocycles. The van der Waals surface area contributed by atoms with Crippen LogP contribution in [-0.2, 0) is 9.84 Å². The van der Waals surface area contributed by atoms with Crippen LogP contribution in [0.4, 0.5) is 4.39 Å². The fourth-order valence-electron chi connectivity index (χ4n) is 3.16. The molecule has 0 amide bonds. The Hall–Kier alpha value is -1.43. The molecule has 2 unspecified atom stereocenters. The van der Waals surface area contributed by atoms with E-state index in [2.05, 4.69) is 0 Å². The van der Waals surface area contributed by atoms with Crippen molar-refractivity contribution in [3.05, 3.63) is 29.6 Å². The Bertz CT molecular complexity index is 644. The van der Waals surface area contributed by atoms with Crippen LogP contribution < -0.4 is 0 Å². The van der Waals surface area contributed by atoms with Gasteiger partial charge in [-0.25, -0.2) is 17.6 Å². The van der Waals surface area contributed by atoms with E-state index in [1.165, 1.54) is 0 Å². The van der Waals surface area contributed by atoms with E-state index < -0.39 is 31.8 Å². The third-order valence-electron chi connectivity index (χ3n) is 4.06. The summed E-state index contributed by atoms with van der Waals surface area (Å²) >= 11 is 0. The highest BCUT2D eigenvalue weighted by molar-refractivity contribution is 7.92. The minimum atomic E-state index is -3.85. The molecule has 4 nitrogen and oxygen atoms in total. The van der Waals surface area contributed by atoms with Gasteiger partial charge < -0.3 is 5.11 Å². The third kappa shape index (κ3) is 3.26. The molecule has 1 aromatic rings. The van der Waals surface area contributed by atoms with E-state index in [1.54, 1.807) is 0 Å². The van der Waals surface area contributed by atoms with Crippen molar-refractivity contribution >= 4 is 15.8 Å². The second-order valence-electron chi connectivity index (χ2n) is 6.03. The highest BCUT2D eigenvalue weighted by Crippen LogP contribution is 2.35. The summed E-state index contributed by atoms with van der Waals surface area (Å²) in [5.41, 5.74) is -0.216. The predicted molar refractivity (Wildman–Crippen MR) is 76.5 cm³/mol. The van der Waals surface area contributed by atoms with Crippen LogP contribution in [0.1, 0.15) is 43.5 Å². The van der Waals surface area contributed by atoms with Gasteiger partial charge in [0.05, 0.1) is 10.8 Å². The molecule has 1 aliphatic rings. The highest BCUT2D eigenvalue weighted by atomic mass is 32.2. The molecule has 1 aromatic carbocycles. The van der Waals surface area contributed by atoms with Crippen LogP contribution in [0.15, 0.2) is 23.1 Å². The van der Waals surface area contributed by atoms with Gasteiger partial charge in [-0.2, -0.15) is 0 Å². The lowest BCUT2D eigenvalue weighted by Gasteiger charge is -2.31. The van der Waals surface area contributed by atoms with Crippen molar-refractivity contribution in [3.8, 4) is 0 Å². The van der Waals surface area contributed by atoms with E-state index >= 15 is 0 Å². The Morgan fingerprint density at radius 1 is 1.19 bits per heavy atom. The monoisotopic (exact) mass is 314 g/mol. The van der Waals surface area contributed by atoms with Crippen molar-refractivity contribution < 1.29 is 22.7 Å². The zero-order chi connectivity index (χ0) is 15.8. The lowest BCUT2D eigenvalue weighted by Crippen LogP contribution is -2.31. The van der Waals surface area contributed by atoms with E-state index in [0.29, 0.717) is 12.8 Å². The summed E-state index contributed by atoms with van der Waals surface area (Å²) in [6.07, 6.45) is 1.94. The molecule has 116 valence electrons. The van der Waals surface area contributed by atoms with E-state index in [4.69, 9.17) is 5.11 Å². The van der Waals surface area contributed by atoms with Crippen LogP contribution in [0.3, 0.4) is 0 Å². The molecule has 2 rings (SSSR count). The number of halogens is 1. The summed E-state index contributed by atoms with van der Waals surface area (Å²) in [6, 6.07) is 2.91. The highest BCUT2D eigenvalue weighted by Gasteiger charge is 2.36. The van der Waals surface area contributed by atoms with E-state index in [-0.39, 0.29) is 17.4 Å². The molecule has 6 heteroatoms. The Kier molecular flexibility index (Phi) is 4.37. The van der Waals surface area contributed by atoms with Crippen molar-refractivity contribution in [3.63, 3.8) is 0 Å². The number of hydrogen-bond acceptors (Lipinski definition) is 3.